The van der Waals surface area contributed by atoms with Gasteiger partial charge in [-0.05, 0) is 38.0 Å². The molecule has 18 heavy (non-hydrogen) atoms. The minimum Gasteiger partial charge on any atom is -0.399 e. The number of methoxy groups -OCH3 is 1. The van der Waals surface area contributed by atoms with Crippen LogP contribution in [0.4, 0.5) is 5.69 Å². The zero-order valence-corrected chi connectivity index (χ0v) is 11.3. The fourth-order valence-corrected chi connectivity index (χ4v) is 1.78. The largest absolute Gasteiger partial charge is 0.399 e. The van der Waals surface area contributed by atoms with E-state index in [1.807, 2.05) is 38.1 Å². The van der Waals surface area contributed by atoms with Crippen molar-refractivity contribution < 1.29 is 9.53 Å². The van der Waals surface area contributed by atoms with Gasteiger partial charge in [0, 0.05) is 19.2 Å². The molecule has 0 aliphatic rings. The molecule has 100 valence electrons. The molecule has 1 aromatic rings. The van der Waals surface area contributed by atoms with E-state index < -0.39 is 0 Å². The van der Waals surface area contributed by atoms with Gasteiger partial charge in [0.05, 0.1) is 12.1 Å². The van der Waals surface area contributed by atoms with Crippen LogP contribution in [-0.4, -0.2) is 25.2 Å². The van der Waals surface area contributed by atoms with Crippen molar-refractivity contribution >= 4 is 11.6 Å². The van der Waals surface area contributed by atoms with Gasteiger partial charge in [-0.1, -0.05) is 12.1 Å². The van der Waals surface area contributed by atoms with Gasteiger partial charge < -0.3 is 15.8 Å². The zero-order valence-electron chi connectivity index (χ0n) is 11.3. The van der Waals surface area contributed by atoms with E-state index in [1.165, 1.54) is 0 Å². The molecule has 0 atom stereocenters. The lowest BCUT2D eigenvalue weighted by atomic mass is 10.1. The highest BCUT2D eigenvalue weighted by Gasteiger charge is 2.19. The third-order valence-corrected chi connectivity index (χ3v) is 2.60. The van der Waals surface area contributed by atoms with Crippen molar-refractivity contribution in [3.8, 4) is 0 Å². The summed E-state index contributed by atoms with van der Waals surface area (Å²) in [5.74, 6) is 0.0360. The second-order valence-corrected chi connectivity index (χ2v) is 5.11. The second-order valence-electron chi connectivity index (χ2n) is 5.11. The quantitative estimate of drug-likeness (QED) is 0.756. The molecule has 3 N–H and O–H groups in total. The first kappa shape index (κ1) is 14.5. The number of amides is 1. The van der Waals surface area contributed by atoms with Gasteiger partial charge >= 0.3 is 0 Å². The van der Waals surface area contributed by atoms with Crippen molar-refractivity contribution in [3.05, 3.63) is 29.8 Å². The van der Waals surface area contributed by atoms with Gasteiger partial charge in [-0.2, -0.15) is 0 Å². The summed E-state index contributed by atoms with van der Waals surface area (Å²) in [6.07, 6.45) is 1.19. The first-order valence-electron chi connectivity index (χ1n) is 6.07. The molecular formula is C14H22N2O2. The lowest BCUT2D eigenvalue weighted by molar-refractivity contribution is -0.123. The van der Waals surface area contributed by atoms with Crippen LogP contribution in [0.5, 0.6) is 0 Å². The van der Waals surface area contributed by atoms with Crippen molar-refractivity contribution in [2.24, 2.45) is 0 Å². The summed E-state index contributed by atoms with van der Waals surface area (Å²) in [5.41, 5.74) is 7.13. The molecule has 0 radical (unpaired) electrons. The van der Waals surface area contributed by atoms with Crippen LogP contribution in [0.25, 0.3) is 0 Å². The molecule has 0 bridgehead atoms. The van der Waals surface area contributed by atoms with Gasteiger partial charge in [0.2, 0.25) is 5.91 Å². The van der Waals surface area contributed by atoms with E-state index in [0.29, 0.717) is 13.0 Å². The van der Waals surface area contributed by atoms with Gasteiger partial charge in [-0.25, -0.2) is 0 Å². The van der Waals surface area contributed by atoms with Crippen molar-refractivity contribution in [1.29, 1.82) is 0 Å². The number of nitrogens with one attached hydrogen (secondary N) is 1. The summed E-state index contributed by atoms with van der Waals surface area (Å²) in [4.78, 5) is 11.8. The monoisotopic (exact) mass is 250 g/mol. The average molecular weight is 250 g/mol. The smallest absolute Gasteiger partial charge is 0.220 e. The molecule has 0 spiro atoms. The zero-order chi connectivity index (χ0) is 13.6. The first-order valence-corrected chi connectivity index (χ1v) is 6.07. The molecule has 0 aliphatic carbocycles. The summed E-state index contributed by atoms with van der Waals surface area (Å²) in [6.45, 7) is 4.38. The maximum Gasteiger partial charge on any atom is 0.220 e. The van der Waals surface area contributed by atoms with Crippen LogP contribution < -0.4 is 11.1 Å². The predicted octanol–water partition coefficient (Wildman–Crippen LogP) is 1.74. The van der Waals surface area contributed by atoms with E-state index in [2.05, 4.69) is 5.32 Å². The van der Waals surface area contributed by atoms with E-state index in [9.17, 15) is 4.79 Å². The van der Waals surface area contributed by atoms with E-state index in [0.717, 1.165) is 17.7 Å². The predicted molar refractivity (Wildman–Crippen MR) is 73.3 cm³/mol. The normalized spacial score (nSPS) is 11.3. The third-order valence-electron chi connectivity index (χ3n) is 2.60. The Morgan fingerprint density at radius 2 is 1.94 bits per heavy atom. The lowest BCUT2D eigenvalue weighted by Crippen LogP contribution is -2.46. The highest BCUT2D eigenvalue weighted by Crippen LogP contribution is 2.08. The molecule has 0 saturated heterocycles. The average Bonchev–Trinajstić information content (AvgIpc) is 2.27. The third kappa shape index (κ3) is 5.19. The summed E-state index contributed by atoms with van der Waals surface area (Å²) in [6, 6.07) is 7.59. The topological polar surface area (TPSA) is 64.3 Å². The number of ether oxygens (including phenoxy) is 1. The number of rotatable bonds is 6. The molecule has 4 heteroatoms. The highest BCUT2D eigenvalue weighted by atomic mass is 16.5. The Morgan fingerprint density at radius 1 is 1.33 bits per heavy atom. The van der Waals surface area contributed by atoms with Crippen molar-refractivity contribution in [1.82, 2.24) is 5.32 Å². The Kier molecular flexibility index (Phi) is 5.16. The standard InChI is InChI=1S/C14H22N2O2/c1-14(2,10-18-3)16-13(17)9-6-11-4-7-12(15)8-5-11/h4-5,7-8H,6,9-10,15H2,1-3H3,(H,16,17). The Balaban J connectivity index is 2.39. The van der Waals surface area contributed by atoms with Crippen LogP contribution in [0.15, 0.2) is 24.3 Å². The summed E-state index contributed by atoms with van der Waals surface area (Å²) >= 11 is 0. The van der Waals surface area contributed by atoms with Crippen LogP contribution >= 0.6 is 0 Å². The molecule has 0 unspecified atom stereocenters. The number of benzene rings is 1. The number of nitrogens with two attached hydrogens (primary N) is 1. The van der Waals surface area contributed by atoms with Crippen LogP contribution in [0.1, 0.15) is 25.8 Å². The number of hydrogen-bond donors (Lipinski definition) is 2. The van der Waals surface area contributed by atoms with E-state index >= 15 is 0 Å². The molecule has 0 fully saturated rings. The van der Waals surface area contributed by atoms with Crippen LogP contribution in [0.3, 0.4) is 0 Å². The fourth-order valence-electron chi connectivity index (χ4n) is 1.78. The van der Waals surface area contributed by atoms with Crippen LogP contribution in [0, 0.1) is 0 Å². The molecule has 0 heterocycles. The highest BCUT2D eigenvalue weighted by molar-refractivity contribution is 5.77. The van der Waals surface area contributed by atoms with Gasteiger partial charge in [-0.3, -0.25) is 4.79 Å². The van der Waals surface area contributed by atoms with Gasteiger partial charge in [0.15, 0.2) is 0 Å². The Morgan fingerprint density at radius 3 is 2.50 bits per heavy atom. The molecule has 1 amide bonds. The Hall–Kier alpha value is -1.55. The minimum absolute atomic E-state index is 0.0360. The maximum atomic E-state index is 11.8. The summed E-state index contributed by atoms with van der Waals surface area (Å²) in [7, 11) is 1.63. The number of carbonyl (C=O) groups is 1. The molecule has 0 aliphatic heterocycles. The van der Waals surface area contributed by atoms with Gasteiger partial charge in [0.1, 0.15) is 0 Å². The maximum absolute atomic E-state index is 11.8. The number of aryl methyl sites for hydroxylation is 1. The second kappa shape index (κ2) is 6.40. The number of anilines is 1. The molecule has 0 saturated carbocycles. The molecule has 0 aromatic heterocycles. The van der Waals surface area contributed by atoms with Crippen LogP contribution in [0.2, 0.25) is 0 Å². The fraction of sp³-hybridized carbons (Fsp3) is 0.500. The van der Waals surface area contributed by atoms with Crippen LogP contribution in [-0.2, 0) is 16.0 Å². The van der Waals surface area contributed by atoms with Crippen molar-refractivity contribution in [2.75, 3.05) is 19.5 Å². The molecule has 1 rings (SSSR count). The van der Waals surface area contributed by atoms with E-state index in [4.69, 9.17) is 10.5 Å². The molecule has 1 aromatic carbocycles. The Labute approximate surface area is 109 Å². The molecular weight excluding hydrogens is 228 g/mol. The minimum atomic E-state index is -0.326. The first-order chi connectivity index (χ1) is 8.43. The number of carbonyl (C=O) groups excluding carboxylic acids is 1. The SMILES string of the molecule is COCC(C)(C)NC(=O)CCc1ccc(N)cc1. The lowest BCUT2D eigenvalue weighted by Gasteiger charge is -2.25. The number of nitrogen functional groups attached to an aromatic ring is 1. The van der Waals surface area contributed by atoms with Crippen molar-refractivity contribution in [3.63, 3.8) is 0 Å². The summed E-state index contributed by atoms with van der Waals surface area (Å²) in [5, 5.41) is 2.95. The van der Waals surface area contributed by atoms with E-state index in [1.54, 1.807) is 7.11 Å². The number of hydrogen-bond acceptors (Lipinski definition) is 3. The molecule has 4 nitrogen and oxygen atoms in total. The van der Waals surface area contributed by atoms with Gasteiger partial charge in [0.25, 0.3) is 0 Å². The van der Waals surface area contributed by atoms with Crippen molar-refractivity contribution in [2.45, 2.75) is 32.2 Å². The Bertz CT molecular complexity index is 385. The van der Waals surface area contributed by atoms with Gasteiger partial charge in [-0.15, -0.1) is 0 Å². The summed E-state index contributed by atoms with van der Waals surface area (Å²) < 4.78 is 5.05. The van der Waals surface area contributed by atoms with E-state index in [-0.39, 0.29) is 11.4 Å².